The predicted octanol–water partition coefficient (Wildman–Crippen LogP) is 19.1. The van der Waals surface area contributed by atoms with Gasteiger partial charge in [-0.25, -0.2) is 123 Å². The largest absolute Gasteiger partial charge is 0.458 e. The van der Waals surface area contributed by atoms with Crippen molar-refractivity contribution in [3.63, 3.8) is 0 Å². The molecule has 10 rings (SSSR count). The van der Waals surface area contributed by atoms with Gasteiger partial charge in [0.1, 0.15) is 29.4 Å². The third-order valence-corrected chi connectivity index (χ3v) is 16.3. The Morgan fingerprint density at radius 2 is 0.554 bits per heavy atom. The molecule has 0 aliphatic rings. The number of fused-ring (bicyclic) bond motifs is 4. The first-order chi connectivity index (χ1) is 47.0. The molecule has 0 aliphatic carbocycles. The maximum atomic E-state index is 17.3. The Balaban J connectivity index is 0.000000263. The predicted molar refractivity (Wildman–Crippen MR) is 296 cm³/mol. The van der Waals surface area contributed by atoms with Gasteiger partial charge < -0.3 is 0 Å². The first-order valence-corrected chi connectivity index (χ1v) is 28.6. The van der Waals surface area contributed by atoms with Crippen LogP contribution >= 0.6 is 0 Å². The molecular formula is C65H34BF34N. The summed E-state index contributed by atoms with van der Waals surface area (Å²) in [6.45, 7) is 3.24. The van der Waals surface area contributed by atoms with E-state index in [4.69, 9.17) is 0 Å². The molecule has 540 valence electrons. The van der Waals surface area contributed by atoms with Gasteiger partial charge in [0.2, 0.25) is 5.82 Å². The summed E-state index contributed by atoms with van der Waals surface area (Å²) in [5.74, 6) is -82.4. The van der Waals surface area contributed by atoms with E-state index in [1.54, 1.807) is 6.92 Å². The van der Waals surface area contributed by atoms with Crippen LogP contribution < -0.4 is 27.2 Å². The van der Waals surface area contributed by atoms with Crippen molar-refractivity contribution < 1.29 is 155 Å². The number of benzene rings is 10. The number of nitrogens with two attached hydrogens (primary N) is 1. The van der Waals surface area contributed by atoms with Gasteiger partial charge in [0.25, 0.3) is 0 Å². The molecule has 0 radical (unpaired) electrons. The number of hydrogen-bond donors (Lipinski definition) is 1. The van der Waals surface area contributed by atoms with Crippen molar-refractivity contribution in [2.75, 3.05) is 6.54 Å². The molecule has 0 aliphatic heterocycles. The maximum absolute atomic E-state index is 17.3. The second-order valence-electron chi connectivity index (χ2n) is 22.2. The van der Waals surface area contributed by atoms with Gasteiger partial charge in [0.15, 0.2) is 134 Å². The van der Waals surface area contributed by atoms with Crippen LogP contribution in [-0.2, 0) is 0 Å². The number of hydrogen-bond acceptors (Lipinski definition) is 0. The minimum atomic E-state index is -6.29. The van der Waals surface area contributed by atoms with Crippen molar-refractivity contribution >= 4 is 71.1 Å². The van der Waals surface area contributed by atoms with Crippen LogP contribution in [-0.4, -0.2) is 30.6 Å². The first kappa shape index (κ1) is 77.6. The molecule has 0 atom stereocenters. The van der Waals surface area contributed by atoms with Crippen molar-refractivity contribution in [1.82, 2.24) is 0 Å². The SMILES string of the molecule is CCCCCCC(F)(F)C(F)(F)C(F)(F)[NH2+]CCCC.Fc1ccc(-c2c(F)c(F)c(F)c(F)c2F)c(F)c1F.Fc1ccc2c([B-](c3c(F)c(F)c(F)c4c(F)c(F)ccc34)(c3c(F)c(F)c(F)c4c(F)c(F)ccc34)c3c(F)c(F)c(F)c4c(F)c(F)ccc34)c(F)c(F)c(F)c2c1F. The number of halogens is 34. The Hall–Kier alpha value is -9.12. The van der Waals surface area contributed by atoms with Crippen molar-refractivity contribution in [2.45, 2.75) is 76.7 Å². The molecule has 0 heterocycles. The molecule has 0 aromatic heterocycles. The average Bonchev–Trinajstić information content (AvgIpc) is 0.669. The zero-order valence-corrected chi connectivity index (χ0v) is 49.9. The summed E-state index contributed by atoms with van der Waals surface area (Å²) in [6.07, 6.45) is -5.15. The van der Waals surface area contributed by atoms with Gasteiger partial charge in [-0.1, -0.05) is 63.8 Å². The smallest absolute Gasteiger partial charge is 0.280 e. The molecular weight excluding hydrogens is 1450 g/mol. The molecule has 10 aromatic carbocycles. The molecule has 2 N–H and O–H groups in total. The van der Waals surface area contributed by atoms with Gasteiger partial charge in [-0.2, -0.15) is 17.6 Å². The fraction of sp³-hybridized carbons (Fsp3) is 0.200. The minimum Gasteiger partial charge on any atom is -0.280 e. The van der Waals surface area contributed by atoms with Crippen molar-refractivity contribution in [2.24, 2.45) is 0 Å². The second-order valence-corrected chi connectivity index (χ2v) is 22.2. The van der Waals surface area contributed by atoms with Gasteiger partial charge in [-0.05, 0) is 70.8 Å². The molecule has 10 aromatic rings. The Labute approximate surface area is 542 Å². The molecule has 0 spiro atoms. The van der Waals surface area contributed by atoms with Crippen molar-refractivity contribution in [3.8, 4) is 11.1 Å². The zero-order valence-electron chi connectivity index (χ0n) is 49.9. The van der Waals surface area contributed by atoms with Crippen LogP contribution in [0.5, 0.6) is 0 Å². The lowest BCUT2D eigenvalue weighted by Gasteiger charge is -2.47. The zero-order chi connectivity index (χ0) is 75.7. The van der Waals surface area contributed by atoms with E-state index in [9.17, 15) is 79.0 Å². The van der Waals surface area contributed by atoms with Crippen LogP contribution in [0.3, 0.4) is 0 Å². The van der Waals surface area contributed by atoms with Gasteiger partial charge in [0.05, 0.1) is 33.7 Å². The molecule has 36 heteroatoms. The Bertz CT molecular complexity index is 4530. The molecule has 0 unspecified atom stereocenters. The number of alkyl halides is 6. The molecule has 0 saturated carbocycles. The molecule has 0 saturated heterocycles. The maximum Gasteiger partial charge on any atom is 0.458 e. The summed E-state index contributed by atoms with van der Waals surface area (Å²) < 4.78 is 503. The van der Waals surface area contributed by atoms with Crippen LogP contribution in [0, 0.1) is 163 Å². The topological polar surface area (TPSA) is 16.6 Å². The Kier molecular flexibility index (Phi) is 22.1. The lowest BCUT2D eigenvalue weighted by molar-refractivity contribution is -0.808. The Morgan fingerprint density at radius 1 is 0.277 bits per heavy atom. The van der Waals surface area contributed by atoms with Crippen LogP contribution in [0.15, 0.2) is 60.7 Å². The highest BCUT2D eigenvalue weighted by Crippen LogP contribution is 2.46. The standard InChI is InChI=1S/C40H8BF20.C13H23F6N.C12H2F8/c42-13-5-1-9-17(25(13)46)29(50)37(58)33(54)21(9)41(22-10-2-6-14(43)26(47)18(10)30(51)38(59)34(22)55,23-11-3-7-15(44)27(48)19(11)31(52)39(60)35(23)56)24-12-4-8-16(45)28(49)20(12)32(53)40(61)36(24)57;1-3-5-7-8-9-11(14,15)12(16,17)13(18,19)20-10-6-4-2;13-4-2-1-3(6(14)7(4)15)5-8(16)10(18)12(20)11(19)9(5)17/h1-8H;20H,3-10H2,1-2H3;1-2H/q-1;;/p+1. The molecule has 101 heavy (non-hydrogen) atoms. The van der Waals surface area contributed by atoms with Gasteiger partial charge in [-0.15, -0.1) is 30.6 Å². The van der Waals surface area contributed by atoms with Crippen molar-refractivity contribution in [1.29, 1.82) is 0 Å². The normalized spacial score (nSPS) is 12.3. The van der Waals surface area contributed by atoms with Crippen LogP contribution in [0.2, 0.25) is 0 Å². The number of quaternary nitrogens is 1. The van der Waals surface area contributed by atoms with Crippen molar-refractivity contribution in [3.05, 3.63) is 224 Å². The fourth-order valence-corrected chi connectivity index (χ4v) is 11.6. The van der Waals surface area contributed by atoms with E-state index in [0.29, 0.717) is 31.4 Å². The van der Waals surface area contributed by atoms with Gasteiger partial charge in [-0.3, -0.25) is 5.32 Å². The van der Waals surface area contributed by atoms with E-state index in [1.165, 1.54) is 0 Å². The number of rotatable bonds is 16. The second kappa shape index (κ2) is 28.7. The quantitative estimate of drug-likeness (QED) is 0.0248. The lowest BCUT2D eigenvalue weighted by atomic mass is 9.11. The molecule has 0 fully saturated rings. The van der Waals surface area contributed by atoms with Crippen LogP contribution in [0.4, 0.5) is 149 Å². The van der Waals surface area contributed by atoms with E-state index in [0.717, 1.165) is 6.42 Å². The number of unbranched alkanes of at least 4 members (excludes halogenated alkanes) is 4. The van der Waals surface area contributed by atoms with E-state index >= 15 is 70.2 Å². The Morgan fingerprint density at radius 3 is 0.861 bits per heavy atom. The summed E-state index contributed by atoms with van der Waals surface area (Å²) >= 11 is 0. The highest BCUT2D eigenvalue weighted by molar-refractivity contribution is 7.23. The van der Waals surface area contributed by atoms with E-state index in [2.05, 4.69) is 0 Å². The monoisotopic (exact) mass is 1490 g/mol. The third-order valence-electron chi connectivity index (χ3n) is 16.3. The summed E-state index contributed by atoms with van der Waals surface area (Å²) in [5, 5.41) is -16.2. The summed E-state index contributed by atoms with van der Waals surface area (Å²) in [5.41, 5.74) is -12.7. The first-order valence-electron chi connectivity index (χ1n) is 28.6. The van der Waals surface area contributed by atoms with E-state index < -0.39 is 269 Å². The summed E-state index contributed by atoms with van der Waals surface area (Å²) in [6, 6.07) is -4.61. The third kappa shape index (κ3) is 12.6. The highest BCUT2D eigenvalue weighted by atomic mass is 19.3. The summed E-state index contributed by atoms with van der Waals surface area (Å²) in [7, 11) is 0. The van der Waals surface area contributed by atoms with Crippen LogP contribution in [0.1, 0.15) is 58.8 Å². The molecule has 0 amide bonds. The van der Waals surface area contributed by atoms with E-state index in [-0.39, 0.29) is 73.2 Å². The van der Waals surface area contributed by atoms with Gasteiger partial charge in [0, 0.05) is 12.0 Å². The van der Waals surface area contributed by atoms with E-state index in [1.807, 2.05) is 6.92 Å². The minimum absolute atomic E-state index is 0.0220. The average molecular weight is 1490 g/mol. The fourth-order valence-electron chi connectivity index (χ4n) is 11.6. The van der Waals surface area contributed by atoms with Crippen LogP contribution in [0.25, 0.3) is 54.2 Å². The highest BCUT2D eigenvalue weighted by Gasteiger charge is 2.74. The van der Waals surface area contributed by atoms with Gasteiger partial charge >= 0.3 is 17.9 Å². The molecule has 1 nitrogen and oxygen atoms in total. The summed E-state index contributed by atoms with van der Waals surface area (Å²) in [4.78, 5) is 0. The lowest BCUT2D eigenvalue weighted by Crippen LogP contribution is -2.99. The molecule has 0 bridgehead atoms.